The van der Waals surface area contributed by atoms with Gasteiger partial charge in [-0.25, -0.2) is 8.42 Å². The van der Waals surface area contributed by atoms with E-state index in [0.717, 1.165) is 21.7 Å². The molecule has 2 aromatic carbocycles. The summed E-state index contributed by atoms with van der Waals surface area (Å²) in [6.45, 7) is 1.54. The maximum absolute atomic E-state index is 13.3. The van der Waals surface area contributed by atoms with Crippen LogP contribution in [-0.2, 0) is 32.7 Å². The van der Waals surface area contributed by atoms with Crippen molar-refractivity contribution in [3.8, 4) is 5.75 Å². The average molecular weight is 446 g/mol. The number of carbonyl (C=O) groups is 2. The summed E-state index contributed by atoms with van der Waals surface area (Å²) < 4.78 is 30.8. The Kier molecular flexibility index (Phi) is 6.66. The van der Waals surface area contributed by atoms with Gasteiger partial charge in [0.05, 0.1) is 26.5 Å². The summed E-state index contributed by atoms with van der Waals surface area (Å²) in [4.78, 5) is 27.8. The van der Waals surface area contributed by atoms with Gasteiger partial charge in [0.2, 0.25) is 21.8 Å². The third-order valence-electron chi connectivity index (χ3n) is 5.47. The maximum Gasteiger partial charge on any atom is 0.247 e. The predicted octanol–water partition coefficient (Wildman–Crippen LogP) is 1.37. The first kappa shape index (κ1) is 22.8. The van der Waals surface area contributed by atoms with Crippen molar-refractivity contribution in [1.82, 2.24) is 14.5 Å². The zero-order valence-electron chi connectivity index (χ0n) is 17.9. The summed E-state index contributed by atoms with van der Waals surface area (Å²) in [5.74, 6) is -0.277. The second kappa shape index (κ2) is 9.07. The Bertz CT molecular complexity index is 1060. The van der Waals surface area contributed by atoms with Gasteiger partial charge < -0.3 is 15.0 Å². The first-order valence-electron chi connectivity index (χ1n) is 9.85. The number of piperazine rings is 1. The molecule has 0 aromatic heterocycles. The van der Waals surface area contributed by atoms with Crippen molar-refractivity contribution < 1.29 is 22.7 Å². The minimum Gasteiger partial charge on any atom is -0.496 e. The standard InChI is InChI=1S/C22H27N3O5S/c1-22(21(27)23-13-17-9-5-4-6-10-17)16-24(31(3,28)29)15-20(26)25(22)14-18-11-7-8-12-19(18)30-2/h4-12H,13-16H2,1-3H3,(H,23,27)/t22-/m0/s1. The molecule has 1 fully saturated rings. The molecule has 1 aliphatic rings. The van der Waals surface area contributed by atoms with E-state index in [2.05, 4.69) is 5.32 Å². The van der Waals surface area contributed by atoms with E-state index >= 15 is 0 Å². The summed E-state index contributed by atoms with van der Waals surface area (Å²) in [7, 11) is -2.12. The number of sulfonamides is 1. The Balaban J connectivity index is 1.92. The van der Waals surface area contributed by atoms with E-state index in [1.54, 1.807) is 13.0 Å². The van der Waals surface area contributed by atoms with Crippen LogP contribution >= 0.6 is 0 Å². The van der Waals surface area contributed by atoms with Crippen LogP contribution in [0.4, 0.5) is 0 Å². The molecular formula is C22H27N3O5S. The number of nitrogens with zero attached hydrogens (tertiary/aromatic N) is 2. The SMILES string of the molecule is COc1ccccc1CN1C(=O)CN(S(C)(=O)=O)C[C@@]1(C)C(=O)NCc1ccccc1. The zero-order chi connectivity index (χ0) is 22.6. The first-order chi connectivity index (χ1) is 14.6. The third-order valence-corrected chi connectivity index (χ3v) is 6.66. The number of hydrogen-bond donors (Lipinski definition) is 1. The second-order valence-electron chi connectivity index (χ2n) is 7.76. The molecule has 0 bridgehead atoms. The number of ether oxygens (including phenoxy) is 1. The molecule has 1 heterocycles. The van der Waals surface area contributed by atoms with E-state index in [1.165, 1.54) is 12.0 Å². The summed E-state index contributed by atoms with van der Waals surface area (Å²) in [5.41, 5.74) is 0.236. The number of rotatable bonds is 7. The molecule has 1 N–H and O–H groups in total. The number of amides is 2. The Hall–Kier alpha value is -2.91. The second-order valence-corrected chi connectivity index (χ2v) is 9.75. The molecule has 0 unspecified atom stereocenters. The van der Waals surface area contributed by atoms with Gasteiger partial charge in [0.1, 0.15) is 11.3 Å². The van der Waals surface area contributed by atoms with Gasteiger partial charge in [-0.15, -0.1) is 0 Å². The number of carbonyl (C=O) groups excluding carboxylic acids is 2. The van der Waals surface area contributed by atoms with E-state index < -0.39 is 27.4 Å². The fraction of sp³-hybridized carbons (Fsp3) is 0.364. The van der Waals surface area contributed by atoms with Crippen molar-refractivity contribution in [1.29, 1.82) is 0 Å². The Morgan fingerprint density at radius 2 is 1.77 bits per heavy atom. The molecule has 166 valence electrons. The number of methoxy groups -OCH3 is 1. The Morgan fingerprint density at radius 3 is 2.42 bits per heavy atom. The van der Waals surface area contributed by atoms with Crippen molar-refractivity contribution >= 4 is 21.8 Å². The number of nitrogens with one attached hydrogen (secondary N) is 1. The minimum atomic E-state index is -3.66. The highest BCUT2D eigenvalue weighted by atomic mass is 32.2. The van der Waals surface area contributed by atoms with Gasteiger partial charge in [-0.2, -0.15) is 4.31 Å². The minimum absolute atomic E-state index is 0.121. The zero-order valence-corrected chi connectivity index (χ0v) is 18.7. The predicted molar refractivity (Wildman–Crippen MR) is 117 cm³/mol. The first-order valence-corrected chi connectivity index (χ1v) is 11.7. The highest BCUT2D eigenvalue weighted by Gasteiger charge is 2.49. The van der Waals surface area contributed by atoms with Gasteiger partial charge in [-0.3, -0.25) is 9.59 Å². The van der Waals surface area contributed by atoms with Gasteiger partial charge in [0.25, 0.3) is 0 Å². The lowest BCUT2D eigenvalue weighted by molar-refractivity contribution is -0.153. The normalized spacial score (nSPS) is 19.8. The molecule has 3 rings (SSSR count). The molecule has 1 aliphatic heterocycles. The lowest BCUT2D eigenvalue weighted by Gasteiger charge is -2.46. The Morgan fingerprint density at radius 1 is 1.13 bits per heavy atom. The van der Waals surface area contributed by atoms with Crippen LogP contribution in [0.25, 0.3) is 0 Å². The van der Waals surface area contributed by atoms with Crippen LogP contribution in [0.3, 0.4) is 0 Å². The third kappa shape index (κ3) is 5.05. The maximum atomic E-state index is 13.3. The average Bonchev–Trinajstić information content (AvgIpc) is 2.74. The van der Waals surface area contributed by atoms with Crippen LogP contribution in [0.1, 0.15) is 18.1 Å². The molecule has 8 nitrogen and oxygen atoms in total. The smallest absolute Gasteiger partial charge is 0.247 e. The van der Waals surface area contributed by atoms with Crippen molar-refractivity contribution in [3.05, 3.63) is 65.7 Å². The molecule has 2 amide bonds. The summed E-state index contributed by atoms with van der Waals surface area (Å²) >= 11 is 0. The van der Waals surface area contributed by atoms with E-state index in [1.807, 2.05) is 48.5 Å². The molecular weight excluding hydrogens is 418 g/mol. The van der Waals surface area contributed by atoms with Gasteiger partial charge >= 0.3 is 0 Å². The van der Waals surface area contributed by atoms with E-state index in [9.17, 15) is 18.0 Å². The van der Waals surface area contributed by atoms with Crippen LogP contribution in [0.5, 0.6) is 5.75 Å². The largest absolute Gasteiger partial charge is 0.496 e. The van der Waals surface area contributed by atoms with E-state index in [4.69, 9.17) is 4.74 Å². The molecule has 1 saturated heterocycles. The summed E-state index contributed by atoms with van der Waals surface area (Å²) in [6.07, 6.45) is 1.04. The van der Waals surface area contributed by atoms with Crippen molar-refractivity contribution in [3.63, 3.8) is 0 Å². The van der Waals surface area contributed by atoms with E-state index in [-0.39, 0.29) is 26.2 Å². The summed E-state index contributed by atoms with van der Waals surface area (Å²) in [6, 6.07) is 16.6. The van der Waals surface area contributed by atoms with E-state index in [0.29, 0.717) is 5.75 Å². The number of hydrogen-bond acceptors (Lipinski definition) is 5. The van der Waals surface area contributed by atoms with Crippen molar-refractivity contribution in [2.24, 2.45) is 0 Å². The molecule has 9 heteroatoms. The monoisotopic (exact) mass is 445 g/mol. The van der Waals surface area contributed by atoms with Crippen LogP contribution in [-0.4, -0.2) is 61.4 Å². The topological polar surface area (TPSA) is 96.0 Å². The van der Waals surface area contributed by atoms with Gasteiger partial charge in [-0.1, -0.05) is 48.5 Å². The summed E-state index contributed by atoms with van der Waals surface area (Å²) in [5, 5.41) is 2.86. The van der Waals surface area contributed by atoms with Crippen LogP contribution in [0.15, 0.2) is 54.6 Å². The van der Waals surface area contributed by atoms with Crippen LogP contribution in [0, 0.1) is 0 Å². The van der Waals surface area contributed by atoms with Gasteiger partial charge in [0.15, 0.2) is 0 Å². The molecule has 0 spiro atoms. The molecule has 0 saturated carbocycles. The Labute approximate surface area is 182 Å². The van der Waals surface area contributed by atoms with Gasteiger partial charge in [-0.05, 0) is 18.6 Å². The molecule has 31 heavy (non-hydrogen) atoms. The van der Waals surface area contributed by atoms with Crippen LogP contribution in [0.2, 0.25) is 0 Å². The lowest BCUT2D eigenvalue weighted by atomic mass is 9.94. The molecule has 0 radical (unpaired) electrons. The number of benzene rings is 2. The fourth-order valence-electron chi connectivity index (χ4n) is 3.66. The fourth-order valence-corrected chi connectivity index (χ4v) is 4.49. The molecule has 1 atom stereocenters. The van der Waals surface area contributed by atoms with Gasteiger partial charge in [0, 0.05) is 18.7 Å². The quantitative estimate of drug-likeness (QED) is 0.695. The molecule has 2 aromatic rings. The highest BCUT2D eigenvalue weighted by molar-refractivity contribution is 7.88. The lowest BCUT2D eigenvalue weighted by Crippen LogP contribution is -2.69. The van der Waals surface area contributed by atoms with Crippen LogP contribution < -0.4 is 10.1 Å². The van der Waals surface area contributed by atoms with Crippen molar-refractivity contribution in [2.45, 2.75) is 25.6 Å². The number of para-hydroxylation sites is 1. The molecule has 0 aliphatic carbocycles. The van der Waals surface area contributed by atoms with Crippen molar-refractivity contribution in [2.75, 3.05) is 26.5 Å². The highest BCUT2D eigenvalue weighted by Crippen LogP contribution is 2.29.